The molecule has 0 spiro atoms. The number of piperidine rings is 1. The summed E-state index contributed by atoms with van der Waals surface area (Å²) < 4.78 is 1.67. The third-order valence-electron chi connectivity index (χ3n) is 5.05. The average molecular weight is 350 g/mol. The molecule has 0 amide bonds. The summed E-state index contributed by atoms with van der Waals surface area (Å²) in [5.41, 5.74) is 3.40. The van der Waals surface area contributed by atoms with Crippen LogP contribution in [-0.2, 0) is 6.54 Å². The van der Waals surface area contributed by atoms with Crippen molar-refractivity contribution in [3.8, 4) is 0 Å². The molecule has 3 heterocycles. The van der Waals surface area contributed by atoms with Crippen molar-refractivity contribution in [1.82, 2.24) is 24.8 Å². The Morgan fingerprint density at radius 2 is 2.23 bits per heavy atom. The lowest BCUT2D eigenvalue weighted by Gasteiger charge is -2.22. The molecule has 0 unspecified atom stereocenters. The highest BCUT2D eigenvalue weighted by molar-refractivity contribution is 6.33. The van der Waals surface area contributed by atoms with Gasteiger partial charge in [0.25, 0.3) is 0 Å². The van der Waals surface area contributed by atoms with Gasteiger partial charge >= 0.3 is 5.69 Å². The van der Waals surface area contributed by atoms with Crippen LogP contribution in [0.5, 0.6) is 0 Å². The van der Waals surface area contributed by atoms with E-state index in [0.717, 1.165) is 30.7 Å². The lowest BCUT2D eigenvalue weighted by molar-refractivity contribution is 0.392. The van der Waals surface area contributed by atoms with Gasteiger partial charge in [0.05, 0.1) is 12.7 Å². The Balaban J connectivity index is 1.58. The van der Waals surface area contributed by atoms with Crippen molar-refractivity contribution in [2.75, 3.05) is 25.0 Å². The van der Waals surface area contributed by atoms with Crippen LogP contribution in [0.25, 0.3) is 11.2 Å². The Morgan fingerprint density at radius 3 is 3.04 bits per heavy atom. The van der Waals surface area contributed by atoms with Gasteiger partial charge in [0.15, 0.2) is 5.65 Å². The summed E-state index contributed by atoms with van der Waals surface area (Å²) in [7, 11) is 2.05. The van der Waals surface area contributed by atoms with Crippen molar-refractivity contribution in [2.24, 2.45) is 5.92 Å². The van der Waals surface area contributed by atoms with Gasteiger partial charge in [-0.3, -0.25) is 4.57 Å². The van der Waals surface area contributed by atoms with E-state index in [-0.39, 0.29) is 5.69 Å². The molecular formula is C18H23BN6O. The second kappa shape index (κ2) is 7.33. The van der Waals surface area contributed by atoms with E-state index >= 15 is 0 Å². The Morgan fingerprint density at radius 1 is 1.35 bits per heavy atom. The summed E-state index contributed by atoms with van der Waals surface area (Å²) in [5.74, 6) is 1.16. The minimum Gasteiger partial charge on any atom is -0.354 e. The number of aromatic nitrogens is 4. The topological polar surface area (TPSA) is 87.6 Å². The van der Waals surface area contributed by atoms with Crippen molar-refractivity contribution >= 4 is 30.4 Å². The van der Waals surface area contributed by atoms with Crippen molar-refractivity contribution in [1.29, 1.82) is 0 Å². The van der Waals surface area contributed by atoms with Crippen LogP contribution in [0, 0.1) is 5.92 Å². The van der Waals surface area contributed by atoms with Crippen LogP contribution in [-0.4, -0.2) is 47.0 Å². The van der Waals surface area contributed by atoms with Gasteiger partial charge < -0.3 is 15.6 Å². The van der Waals surface area contributed by atoms with Crippen molar-refractivity contribution in [3.05, 3.63) is 46.5 Å². The maximum atomic E-state index is 12.4. The zero-order valence-electron chi connectivity index (χ0n) is 15.0. The number of anilines is 1. The Kier molecular flexibility index (Phi) is 4.75. The highest BCUT2D eigenvalue weighted by Gasteiger charge is 2.14. The van der Waals surface area contributed by atoms with Crippen molar-refractivity contribution in [2.45, 2.75) is 19.4 Å². The highest BCUT2D eigenvalue weighted by Crippen LogP contribution is 2.13. The zero-order valence-corrected chi connectivity index (χ0v) is 15.0. The summed E-state index contributed by atoms with van der Waals surface area (Å²) in [6.45, 7) is 3.46. The number of imidazole rings is 1. The lowest BCUT2D eigenvalue weighted by atomic mass is 9.91. The van der Waals surface area contributed by atoms with Crippen LogP contribution in [0.3, 0.4) is 0 Å². The van der Waals surface area contributed by atoms with E-state index in [0.29, 0.717) is 29.6 Å². The van der Waals surface area contributed by atoms with Crippen LogP contribution >= 0.6 is 0 Å². The number of H-pyrrole nitrogens is 1. The van der Waals surface area contributed by atoms with Gasteiger partial charge in [0, 0.05) is 6.54 Å². The monoisotopic (exact) mass is 350 g/mol. The molecule has 3 aromatic rings. The molecule has 1 aromatic carbocycles. The first-order valence-corrected chi connectivity index (χ1v) is 9.15. The molecule has 3 N–H and O–H groups in total. The fourth-order valence-electron chi connectivity index (χ4n) is 3.47. The molecule has 7 nitrogen and oxygen atoms in total. The summed E-state index contributed by atoms with van der Waals surface area (Å²) in [6, 6.07) is 8.08. The maximum absolute atomic E-state index is 12.4. The molecular weight excluding hydrogens is 327 g/mol. The Labute approximate surface area is 152 Å². The second-order valence-electron chi connectivity index (χ2n) is 6.97. The van der Waals surface area contributed by atoms with Gasteiger partial charge in [-0.2, -0.15) is 4.98 Å². The van der Waals surface area contributed by atoms with Gasteiger partial charge in [-0.05, 0) is 37.4 Å². The predicted octanol–water partition coefficient (Wildman–Crippen LogP) is -0.162. The molecule has 0 saturated carbocycles. The third-order valence-corrected chi connectivity index (χ3v) is 5.05. The smallest absolute Gasteiger partial charge is 0.328 e. The number of hydrogen-bond donors (Lipinski definition) is 3. The predicted molar refractivity (Wildman–Crippen MR) is 106 cm³/mol. The first kappa shape index (κ1) is 16.8. The normalized spacial score (nSPS) is 17.5. The molecule has 1 atom stereocenters. The number of aromatic amines is 1. The Bertz CT molecular complexity index is 960. The zero-order chi connectivity index (χ0) is 17.9. The fourth-order valence-corrected chi connectivity index (χ4v) is 3.47. The fraction of sp³-hybridized carbons (Fsp3) is 0.389. The third kappa shape index (κ3) is 3.50. The largest absolute Gasteiger partial charge is 0.354 e. The van der Waals surface area contributed by atoms with Gasteiger partial charge in [0.1, 0.15) is 13.4 Å². The van der Waals surface area contributed by atoms with Crippen LogP contribution in [0.4, 0.5) is 5.95 Å². The second-order valence-corrected chi connectivity index (χ2v) is 6.97. The van der Waals surface area contributed by atoms with Gasteiger partial charge in [-0.1, -0.05) is 29.7 Å². The number of rotatable bonds is 5. The van der Waals surface area contributed by atoms with Crippen LogP contribution in [0.1, 0.15) is 18.4 Å². The first-order valence-electron chi connectivity index (χ1n) is 9.15. The van der Waals surface area contributed by atoms with Crippen molar-refractivity contribution < 1.29 is 0 Å². The molecule has 1 aliphatic heterocycles. The van der Waals surface area contributed by atoms with Crippen molar-refractivity contribution in [3.63, 3.8) is 0 Å². The average Bonchev–Trinajstić information content (AvgIpc) is 2.97. The molecule has 1 aliphatic rings. The molecule has 0 bridgehead atoms. The maximum Gasteiger partial charge on any atom is 0.328 e. The summed E-state index contributed by atoms with van der Waals surface area (Å²) >= 11 is 0. The van der Waals surface area contributed by atoms with Gasteiger partial charge in [0.2, 0.25) is 5.95 Å². The van der Waals surface area contributed by atoms with Crippen LogP contribution < -0.4 is 21.8 Å². The van der Waals surface area contributed by atoms with Crippen LogP contribution in [0.15, 0.2) is 35.3 Å². The molecule has 2 aromatic heterocycles. The molecule has 8 heteroatoms. The Hall–Kier alpha value is -2.61. The van der Waals surface area contributed by atoms with E-state index in [1.165, 1.54) is 12.8 Å². The van der Waals surface area contributed by atoms with E-state index in [2.05, 4.69) is 39.5 Å². The van der Waals surface area contributed by atoms with Crippen LogP contribution in [0.2, 0.25) is 0 Å². The number of nitrogens with one attached hydrogen (secondary N) is 3. The van der Waals surface area contributed by atoms with E-state index in [4.69, 9.17) is 0 Å². The standard InChI is InChI=1S/C18H23BN6O/c19-14-6-2-1-5-13(14)11-25-16-15(23-18(25)26)10-22-17(24-16)21-9-12-4-3-7-20-8-12/h1-2,5-6,10,12,20H,3-4,7-9,11,19H2,(H,23,26)(H,21,22,24)/t12-/m0/s1. The lowest BCUT2D eigenvalue weighted by Crippen LogP contribution is -2.33. The quantitative estimate of drug-likeness (QED) is 0.557. The summed E-state index contributed by atoms with van der Waals surface area (Å²) in [5, 5.41) is 6.74. The van der Waals surface area contributed by atoms with E-state index in [1.54, 1.807) is 10.8 Å². The molecule has 26 heavy (non-hydrogen) atoms. The molecule has 1 saturated heterocycles. The molecule has 134 valence electrons. The number of hydrogen-bond acceptors (Lipinski definition) is 5. The molecule has 1 fully saturated rings. The number of benzene rings is 1. The number of nitrogens with zero attached hydrogens (tertiary/aromatic N) is 3. The summed E-state index contributed by atoms with van der Waals surface area (Å²) in [6.07, 6.45) is 4.10. The highest BCUT2D eigenvalue weighted by atomic mass is 16.1. The SMILES string of the molecule is Bc1ccccc1Cn1c(=O)[nH]c2cnc(NC[C@H]3CCCNC3)nc21. The molecule has 0 radical (unpaired) electrons. The number of fused-ring (bicyclic) bond motifs is 1. The molecule has 0 aliphatic carbocycles. The first-order chi connectivity index (χ1) is 12.7. The van der Waals surface area contributed by atoms with Gasteiger partial charge in [-0.15, -0.1) is 0 Å². The molecule has 4 rings (SSSR count). The minimum atomic E-state index is -0.161. The minimum absolute atomic E-state index is 0.161. The van der Waals surface area contributed by atoms with E-state index < -0.39 is 0 Å². The summed E-state index contributed by atoms with van der Waals surface area (Å²) in [4.78, 5) is 24.2. The van der Waals surface area contributed by atoms with E-state index in [9.17, 15) is 4.79 Å². The van der Waals surface area contributed by atoms with Gasteiger partial charge in [-0.25, -0.2) is 9.78 Å². The van der Waals surface area contributed by atoms with E-state index in [1.807, 2.05) is 18.2 Å².